The molecule has 0 bridgehead atoms. The predicted molar refractivity (Wildman–Crippen MR) is 118 cm³/mol. The minimum absolute atomic E-state index is 0.247. The van der Waals surface area contributed by atoms with Gasteiger partial charge in [-0.05, 0) is 46.4 Å². The molecule has 4 aromatic rings. The lowest BCUT2D eigenvalue weighted by atomic mass is 9.87. The highest BCUT2D eigenvalue weighted by molar-refractivity contribution is 5.64. The summed E-state index contributed by atoms with van der Waals surface area (Å²) in [6, 6.07) is 39.6. The lowest BCUT2D eigenvalue weighted by molar-refractivity contribution is 0.653. The second kappa shape index (κ2) is 7.36. The molecule has 1 atom stereocenters. The normalized spacial score (nSPS) is 15.9. The van der Waals surface area contributed by atoms with Crippen molar-refractivity contribution in [3.8, 4) is 11.1 Å². The van der Waals surface area contributed by atoms with Gasteiger partial charge in [0.15, 0.2) is 0 Å². The summed E-state index contributed by atoms with van der Waals surface area (Å²) in [6.45, 7) is 1.03. The molecule has 0 aromatic heterocycles. The van der Waals surface area contributed by atoms with Gasteiger partial charge >= 0.3 is 0 Å². The van der Waals surface area contributed by atoms with Crippen LogP contribution < -0.4 is 4.90 Å². The second-order valence-corrected chi connectivity index (χ2v) is 7.37. The van der Waals surface area contributed by atoms with Gasteiger partial charge in [-0.3, -0.25) is 0 Å². The van der Waals surface area contributed by atoms with Crippen molar-refractivity contribution in [2.75, 3.05) is 11.4 Å². The maximum atomic E-state index is 2.54. The van der Waals surface area contributed by atoms with Crippen LogP contribution in [0.25, 0.3) is 11.1 Å². The van der Waals surface area contributed by atoms with Gasteiger partial charge in [-0.25, -0.2) is 0 Å². The molecule has 5 rings (SSSR count). The first-order valence-electron chi connectivity index (χ1n) is 9.95. The Hall–Kier alpha value is -3.32. The lowest BCUT2D eigenvalue weighted by Crippen LogP contribution is -2.36. The number of benzene rings is 4. The van der Waals surface area contributed by atoms with Crippen molar-refractivity contribution < 1.29 is 0 Å². The molecule has 1 unspecified atom stereocenters. The highest BCUT2D eigenvalue weighted by atomic mass is 15.2. The molecule has 1 aliphatic heterocycles. The number of fused-ring (bicyclic) bond motifs is 1. The molecular weight excluding hydrogens is 338 g/mol. The Morgan fingerprint density at radius 3 is 1.93 bits per heavy atom. The minimum Gasteiger partial charge on any atom is -0.360 e. The number of para-hydroxylation sites is 1. The molecule has 0 fully saturated rings. The highest BCUT2D eigenvalue weighted by Gasteiger charge is 2.28. The topological polar surface area (TPSA) is 3.24 Å². The van der Waals surface area contributed by atoms with E-state index in [-0.39, 0.29) is 6.04 Å². The van der Waals surface area contributed by atoms with E-state index < -0.39 is 0 Å². The van der Waals surface area contributed by atoms with Crippen molar-refractivity contribution in [1.29, 1.82) is 0 Å². The summed E-state index contributed by atoms with van der Waals surface area (Å²) in [5, 5.41) is 0. The lowest BCUT2D eigenvalue weighted by Gasteiger charge is -2.39. The van der Waals surface area contributed by atoms with E-state index in [9.17, 15) is 0 Å². The third-order valence-corrected chi connectivity index (χ3v) is 5.70. The third-order valence-electron chi connectivity index (χ3n) is 5.70. The molecular formula is C27H23N. The van der Waals surface area contributed by atoms with E-state index in [1.165, 1.54) is 33.5 Å². The number of hydrogen-bond donors (Lipinski definition) is 0. The van der Waals surface area contributed by atoms with E-state index in [0.29, 0.717) is 0 Å². The summed E-state index contributed by atoms with van der Waals surface area (Å²) in [4.78, 5) is 2.54. The first-order valence-corrected chi connectivity index (χ1v) is 9.95. The van der Waals surface area contributed by atoms with E-state index in [2.05, 4.69) is 114 Å². The number of rotatable bonds is 3. The van der Waals surface area contributed by atoms with Crippen molar-refractivity contribution in [3.63, 3.8) is 0 Å². The van der Waals surface area contributed by atoms with Crippen molar-refractivity contribution in [1.82, 2.24) is 0 Å². The molecule has 0 spiro atoms. The smallest absolute Gasteiger partial charge is 0.0798 e. The predicted octanol–water partition coefficient (Wildman–Crippen LogP) is 6.51. The van der Waals surface area contributed by atoms with Crippen molar-refractivity contribution in [2.45, 2.75) is 12.5 Å². The SMILES string of the molecule is c1ccc(-c2ccc(C3c4ccccc4CCN3c3ccccc3)cc2)cc1. The summed E-state index contributed by atoms with van der Waals surface area (Å²) < 4.78 is 0. The van der Waals surface area contributed by atoms with Crippen molar-refractivity contribution in [2.24, 2.45) is 0 Å². The molecule has 1 nitrogen and oxygen atoms in total. The summed E-state index contributed by atoms with van der Waals surface area (Å²) in [5.41, 5.74) is 8.04. The van der Waals surface area contributed by atoms with Gasteiger partial charge in [0.05, 0.1) is 6.04 Å². The van der Waals surface area contributed by atoms with Gasteiger partial charge in [-0.2, -0.15) is 0 Å². The van der Waals surface area contributed by atoms with Gasteiger partial charge in [0, 0.05) is 12.2 Å². The van der Waals surface area contributed by atoms with Crippen LogP contribution in [0.4, 0.5) is 5.69 Å². The molecule has 0 N–H and O–H groups in total. The zero-order chi connectivity index (χ0) is 18.8. The second-order valence-electron chi connectivity index (χ2n) is 7.37. The molecule has 28 heavy (non-hydrogen) atoms. The average molecular weight is 361 g/mol. The standard InChI is InChI=1S/C27H23N/c1-3-9-21(10-4-1)22-15-17-24(18-16-22)27-26-14-8-7-11-23(26)19-20-28(27)25-12-5-2-6-13-25/h1-18,27H,19-20H2. The Bertz CT molecular complexity index is 1050. The molecule has 4 aromatic carbocycles. The zero-order valence-corrected chi connectivity index (χ0v) is 15.8. The molecule has 0 saturated carbocycles. The van der Waals surface area contributed by atoms with Gasteiger partial charge in [-0.15, -0.1) is 0 Å². The van der Waals surface area contributed by atoms with Crippen molar-refractivity contribution in [3.05, 3.63) is 126 Å². The van der Waals surface area contributed by atoms with E-state index in [4.69, 9.17) is 0 Å². The largest absolute Gasteiger partial charge is 0.360 e. The van der Waals surface area contributed by atoms with E-state index in [0.717, 1.165) is 13.0 Å². The van der Waals surface area contributed by atoms with Gasteiger partial charge in [0.25, 0.3) is 0 Å². The van der Waals surface area contributed by atoms with Crippen LogP contribution in [0.5, 0.6) is 0 Å². The first kappa shape index (κ1) is 16.8. The Morgan fingerprint density at radius 2 is 1.18 bits per heavy atom. The van der Waals surface area contributed by atoms with Gasteiger partial charge in [0.1, 0.15) is 0 Å². The van der Waals surface area contributed by atoms with Crippen LogP contribution in [0.2, 0.25) is 0 Å². The Balaban J connectivity index is 1.58. The number of nitrogens with zero attached hydrogens (tertiary/aromatic N) is 1. The average Bonchev–Trinajstić information content (AvgIpc) is 2.79. The summed E-state index contributed by atoms with van der Waals surface area (Å²) in [6.07, 6.45) is 1.09. The molecule has 0 saturated heterocycles. The summed E-state index contributed by atoms with van der Waals surface area (Å²) in [7, 11) is 0. The van der Waals surface area contributed by atoms with Crippen LogP contribution in [0.3, 0.4) is 0 Å². The van der Waals surface area contributed by atoms with Gasteiger partial charge < -0.3 is 4.90 Å². The maximum Gasteiger partial charge on any atom is 0.0798 e. The number of anilines is 1. The van der Waals surface area contributed by atoms with Gasteiger partial charge in [0.2, 0.25) is 0 Å². The van der Waals surface area contributed by atoms with Crippen LogP contribution in [-0.4, -0.2) is 6.54 Å². The Morgan fingerprint density at radius 1 is 0.571 bits per heavy atom. The summed E-state index contributed by atoms with van der Waals surface area (Å²) >= 11 is 0. The minimum atomic E-state index is 0.247. The fourth-order valence-electron chi connectivity index (χ4n) is 4.31. The van der Waals surface area contributed by atoms with Crippen LogP contribution in [0.1, 0.15) is 22.7 Å². The molecule has 1 aliphatic rings. The van der Waals surface area contributed by atoms with E-state index >= 15 is 0 Å². The fourth-order valence-corrected chi connectivity index (χ4v) is 4.31. The molecule has 1 heteroatoms. The molecule has 1 heterocycles. The first-order chi connectivity index (χ1) is 13.9. The Kier molecular flexibility index (Phi) is 4.42. The quantitative estimate of drug-likeness (QED) is 0.402. The van der Waals surface area contributed by atoms with Crippen LogP contribution in [0, 0.1) is 0 Å². The highest BCUT2D eigenvalue weighted by Crippen LogP contribution is 2.38. The molecule has 0 aliphatic carbocycles. The monoisotopic (exact) mass is 361 g/mol. The van der Waals surface area contributed by atoms with Gasteiger partial charge in [-0.1, -0.05) is 97.1 Å². The van der Waals surface area contributed by atoms with Crippen LogP contribution in [0.15, 0.2) is 109 Å². The van der Waals surface area contributed by atoms with Crippen LogP contribution >= 0.6 is 0 Å². The fraction of sp³-hybridized carbons (Fsp3) is 0.111. The van der Waals surface area contributed by atoms with Crippen LogP contribution in [-0.2, 0) is 6.42 Å². The third kappa shape index (κ3) is 3.10. The maximum absolute atomic E-state index is 2.54. The van der Waals surface area contributed by atoms with Crippen molar-refractivity contribution >= 4 is 5.69 Å². The zero-order valence-electron chi connectivity index (χ0n) is 15.8. The molecule has 0 radical (unpaired) electrons. The Labute approximate surface area is 166 Å². The summed E-state index contributed by atoms with van der Waals surface area (Å²) in [5.74, 6) is 0. The molecule has 0 amide bonds. The van der Waals surface area contributed by atoms with E-state index in [1.54, 1.807) is 0 Å². The van der Waals surface area contributed by atoms with E-state index in [1.807, 2.05) is 0 Å². The number of hydrogen-bond acceptors (Lipinski definition) is 1. The molecule has 136 valence electrons.